The molecule has 4 rings (SSSR count). The summed E-state index contributed by atoms with van der Waals surface area (Å²) < 4.78 is 1.65. The van der Waals surface area contributed by atoms with Gasteiger partial charge in [-0.15, -0.1) is 11.3 Å². The number of fused-ring (bicyclic) bond motifs is 1. The lowest BCUT2D eigenvalue weighted by molar-refractivity contribution is 0.102. The van der Waals surface area contributed by atoms with Crippen LogP contribution < -0.4 is 10.6 Å². The third-order valence-electron chi connectivity index (χ3n) is 6.15. The van der Waals surface area contributed by atoms with Crippen LogP contribution in [0.25, 0.3) is 0 Å². The maximum atomic E-state index is 13.5. The van der Waals surface area contributed by atoms with Crippen molar-refractivity contribution in [1.82, 2.24) is 0 Å². The Hall–Kier alpha value is -1.96. The molecular weight excluding hydrogens is 564 g/mol. The Kier molecular flexibility index (Phi) is 7.12. The van der Waals surface area contributed by atoms with E-state index in [2.05, 4.69) is 63.3 Å². The largest absolute Gasteiger partial charge is 0.321 e. The molecule has 3 aromatic rings. The molecule has 33 heavy (non-hydrogen) atoms. The van der Waals surface area contributed by atoms with E-state index in [1.165, 1.54) is 16.2 Å². The van der Waals surface area contributed by atoms with Gasteiger partial charge in [-0.2, -0.15) is 0 Å². The minimum atomic E-state index is -0.225. The Morgan fingerprint density at radius 3 is 2.45 bits per heavy atom. The van der Waals surface area contributed by atoms with Crippen LogP contribution in [-0.2, 0) is 12.8 Å². The summed E-state index contributed by atoms with van der Waals surface area (Å²) in [6.07, 6.45) is 2.78. The number of carbonyl (C=O) groups is 2. The van der Waals surface area contributed by atoms with E-state index in [-0.39, 0.29) is 17.2 Å². The van der Waals surface area contributed by atoms with Gasteiger partial charge < -0.3 is 10.6 Å². The number of hydrogen-bond acceptors (Lipinski definition) is 3. The van der Waals surface area contributed by atoms with Gasteiger partial charge in [-0.25, -0.2) is 0 Å². The summed E-state index contributed by atoms with van der Waals surface area (Å²) in [4.78, 5) is 27.7. The number of halogens is 2. The molecule has 2 aromatic carbocycles. The number of anilines is 2. The van der Waals surface area contributed by atoms with Crippen molar-refractivity contribution in [2.24, 2.45) is 11.3 Å². The zero-order chi connectivity index (χ0) is 23.8. The Labute approximate surface area is 215 Å². The highest BCUT2D eigenvalue weighted by Gasteiger charge is 2.34. The van der Waals surface area contributed by atoms with Crippen molar-refractivity contribution >= 4 is 65.7 Å². The van der Waals surface area contributed by atoms with Crippen LogP contribution >= 0.6 is 43.2 Å². The zero-order valence-corrected chi connectivity index (χ0v) is 22.8. The number of benzene rings is 2. The fourth-order valence-corrected chi connectivity index (χ4v) is 6.31. The molecule has 1 heterocycles. The maximum absolute atomic E-state index is 13.5. The molecule has 7 heteroatoms. The molecule has 0 bridgehead atoms. The van der Waals surface area contributed by atoms with Crippen LogP contribution in [0.15, 0.2) is 57.5 Å². The van der Waals surface area contributed by atoms with Gasteiger partial charge in [0.05, 0.1) is 11.3 Å². The molecule has 0 saturated carbocycles. The first-order valence-corrected chi connectivity index (χ1v) is 13.3. The third kappa shape index (κ3) is 5.42. The molecule has 1 aliphatic rings. The molecular formula is C26H26Br2N2O2S. The van der Waals surface area contributed by atoms with Gasteiger partial charge in [0, 0.05) is 19.4 Å². The number of nitrogens with one attached hydrogen (secondary N) is 2. The molecule has 1 aliphatic carbocycles. The highest BCUT2D eigenvalue weighted by molar-refractivity contribution is 9.10. The summed E-state index contributed by atoms with van der Waals surface area (Å²) in [6, 6.07) is 14.8. The summed E-state index contributed by atoms with van der Waals surface area (Å²) in [5.41, 5.74) is 3.09. The Morgan fingerprint density at radius 1 is 1.00 bits per heavy atom. The monoisotopic (exact) mass is 588 g/mol. The summed E-state index contributed by atoms with van der Waals surface area (Å²) in [6.45, 7) is 6.81. The lowest BCUT2D eigenvalue weighted by atomic mass is 9.72. The number of rotatable bonds is 4. The molecule has 1 aromatic heterocycles. The van der Waals surface area contributed by atoms with Crippen LogP contribution in [0.1, 0.15) is 58.3 Å². The van der Waals surface area contributed by atoms with Crippen LogP contribution in [-0.4, -0.2) is 11.8 Å². The van der Waals surface area contributed by atoms with Crippen molar-refractivity contribution in [1.29, 1.82) is 0 Å². The minimum Gasteiger partial charge on any atom is -0.321 e. The van der Waals surface area contributed by atoms with Gasteiger partial charge in [0.2, 0.25) is 0 Å². The summed E-state index contributed by atoms with van der Waals surface area (Å²) in [5, 5.41) is 6.68. The van der Waals surface area contributed by atoms with Crippen LogP contribution in [0.2, 0.25) is 0 Å². The van der Waals surface area contributed by atoms with E-state index < -0.39 is 0 Å². The summed E-state index contributed by atoms with van der Waals surface area (Å²) >= 11 is 8.46. The van der Waals surface area contributed by atoms with Crippen molar-refractivity contribution in [3.05, 3.63) is 79.0 Å². The van der Waals surface area contributed by atoms with Gasteiger partial charge in [0.25, 0.3) is 11.8 Å². The summed E-state index contributed by atoms with van der Waals surface area (Å²) in [7, 11) is 0. The molecule has 0 aliphatic heterocycles. The van der Waals surface area contributed by atoms with E-state index >= 15 is 0 Å². The highest BCUT2D eigenvalue weighted by Crippen LogP contribution is 2.44. The molecule has 1 atom stereocenters. The normalized spacial score (nSPS) is 15.6. The maximum Gasteiger partial charge on any atom is 0.258 e. The van der Waals surface area contributed by atoms with Crippen LogP contribution in [0.5, 0.6) is 0 Å². The standard InChI is InChI=1S/C26H26Br2N2O2S/c1-26(2,3)16-11-12-18-21(14-16)33-25(30-23(31)15-7-6-8-17(27)13-15)22(18)24(32)29-20-10-5-4-9-19(20)28/h4-10,13,16H,11-12,14H2,1-3H3,(H,29,32)(H,30,31). The first kappa shape index (κ1) is 24.2. The van der Waals surface area contributed by atoms with Gasteiger partial charge in [-0.05, 0) is 82.4 Å². The van der Waals surface area contributed by atoms with Crippen molar-refractivity contribution in [3.8, 4) is 0 Å². The smallest absolute Gasteiger partial charge is 0.258 e. The Bertz CT molecular complexity index is 1210. The second-order valence-corrected chi connectivity index (χ2v) is 12.3. The molecule has 0 spiro atoms. The number of carbonyl (C=O) groups excluding carboxylic acids is 2. The van der Waals surface area contributed by atoms with E-state index in [4.69, 9.17) is 0 Å². The fraction of sp³-hybridized carbons (Fsp3) is 0.308. The molecule has 0 saturated heterocycles. The van der Waals surface area contributed by atoms with Crippen molar-refractivity contribution in [2.75, 3.05) is 10.6 Å². The molecule has 2 amide bonds. The minimum absolute atomic E-state index is 0.193. The van der Waals surface area contributed by atoms with Crippen molar-refractivity contribution in [2.45, 2.75) is 40.0 Å². The SMILES string of the molecule is CC(C)(C)C1CCc2c(sc(NC(=O)c3cccc(Br)c3)c2C(=O)Nc2ccccc2Br)C1. The first-order valence-electron chi connectivity index (χ1n) is 10.9. The number of amides is 2. The fourth-order valence-electron chi connectivity index (χ4n) is 4.21. The molecule has 4 nitrogen and oxygen atoms in total. The lowest BCUT2D eigenvalue weighted by Crippen LogP contribution is -2.27. The van der Waals surface area contributed by atoms with Gasteiger partial charge in [-0.3, -0.25) is 9.59 Å². The van der Waals surface area contributed by atoms with Crippen molar-refractivity contribution in [3.63, 3.8) is 0 Å². The number of para-hydroxylation sites is 1. The van der Waals surface area contributed by atoms with Gasteiger partial charge in [-0.1, -0.05) is 54.9 Å². The number of hydrogen-bond donors (Lipinski definition) is 2. The Morgan fingerprint density at radius 2 is 1.76 bits per heavy atom. The molecule has 0 radical (unpaired) electrons. The number of thiophene rings is 1. The van der Waals surface area contributed by atoms with Gasteiger partial charge >= 0.3 is 0 Å². The van der Waals surface area contributed by atoms with E-state index in [0.717, 1.165) is 33.8 Å². The van der Waals surface area contributed by atoms with Gasteiger partial charge in [0.1, 0.15) is 5.00 Å². The zero-order valence-electron chi connectivity index (χ0n) is 18.8. The predicted molar refractivity (Wildman–Crippen MR) is 143 cm³/mol. The van der Waals surface area contributed by atoms with E-state index in [1.54, 1.807) is 12.1 Å². The van der Waals surface area contributed by atoms with E-state index in [9.17, 15) is 9.59 Å². The predicted octanol–water partition coefficient (Wildman–Crippen LogP) is 7.93. The molecule has 0 fully saturated rings. The molecule has 1 unspecified atom stereocenters. The highest BCUT2D eigenvalue weighted by atomic mass is 79.9. The molecule has 2 N–H and O–H groups in total. The lowest BCUT2D eigenvalue weighted by Gasteiger charge is -2.33. The second-order valence-electron chi connectivity index (χ2n) is 9.41. The van der Waals surface area contributed by atoms with Crippen molar-refractivity contribution < 1.29 is 9.59 Å². The Balaban J connectivity index is 1.70. The summed E-state index contributed by atoms with van der Waals surface area (Å²) in [5.74, 6) is 0.117. The van der Waals surface area contributed by atoms with Crippen LogP contribution in [0.4, 0.5) is 10.7 Å². The molecule has 172 valence electrons. The van der Waals surface area contributed by atoms with Gasteiger partial charge in [0.15, 0.2) is 0 Å². The van der Waals surface area contributed by atoms with E-state index in [0.29, 0.717) is 27.7 Å². The average molecular weight is 590 g/mol. The topological polar surface area (TPSA) is 58.2 Å². The van der Waals surface area contributed by atoms with Crippen LogP contribution in [0.3, 0.4) is 0 Å². The van der Waals surface area contributed by atoms with Crippen LogP contribution in [0, 0.1) is 11.3 Å². The quantitative estimate of drug-likeness (QED) is 0.324. The average Bonchev–Trinajstić information content (AvgIpc) is 3.11. The second kappa shape index (κ2) is 9.72. The third-order valence-corrected chi connectivity index (χ3v) is 8.51. The van der Waals surface area contributed by atoms with E-state index in [1.807, 2.05) is 36.4 Å². The first-order chi connectivity index (χ1) is 15.6.